The number of rotatable bonds is 1. The molecule has 2 bridgehead atoms. The Labute approximate surface area is 137 Å². The molecular weight excluding hydrogens is 280 g/mol. The second-order valence-corrected chi connectivity index (χ2v) is 8.05. The van der Waals surface area contributed by atoms with E-state index in [0.29, 0.717) is 16.7 Å². The third-order valence-electron chi connectivity index (χ3n) is 6.98. The lowest BCUT2D eigenvalue weighted by Gasteiger charge is -2.35. The van der Waals surface area contributed by atoms with E-state index in [4.69, 9.17) is 4.98 Å². The molecule has 1 aromatic carbocycles. The van der Waals surface area contributed by atoms with E-state index in [1.165, 1.54) is 40.4 Å². The lowest BCUT2D eigenvalue weighted by atomic mass is 9.69. The Morgan fingerprint density at radius 1 is 1.13 bits per heavy atom. The van der Waals surface area contributed by atoms with Crippen LogP contribution in [0.25, 0.3) is 22.2 Å². The van der Waals surface area contributed by atoms with Gasteiger partial charge in [0.15, 0.2) is 0 Å². The molecule has 0 aliphatic heterocycles. The molecule has 2 unspecified atom stereocenters. The van der Waals surface area contributed by atoms with Crippen molar-refractivity contribution in [2.24, 2.45) is 5.41 Å². The molecule has 2 aromatic heterocycles. The Balaban J connectivity index is 1.72. The Hall–Kier alpha value is -2.09. The van der Waals surface area contributed by atoms with Gasteiger partial charge in [-0.2, -0.15) is 0 Å². The fourth-order valence-electron chi connectivity index (χ4n) is 5.17. The normalized spacial score (nSPS) is 27.5. The molecule has 2 atom stereocenters. The van der Waals surface area contributed by atoms with Crippen LogP contribution in [0.5, 0.6) is 0 Å². The van der Waals surface area contributed by atoms with Crippen molar-refractivity contribution in [3.63, 3.8) is 0 Å². The summed E-state index contributed by atoms with van der Waals surface area (Å²) in [5.74, 6) is 0.650. The van der Waals surface area contributed by atoms with Gasteiger partial charge in [0.1, 0.15) is 0 Å². The number of hydrogen-bond acceptors (Lipinski definition) is 1. The van der Waals surface area contributed by atoms with E-state index in [1.54, 1.807) is 0 Å². The maximum Gasteiger partial charge on any atom is 0.0873 e. The van der Waals surface area contributed by atoms with E-state index >= 15 is 0 Å². The summed E-state index contributed by atoms with van der Waals surface area (Å²) in [6.45, 7) is 7.34. The van der Waals surface area contributed by atoms with E-state index in [2.05, 4.69) is 62.3 Å². The smallest absolute Gasteiger partial charge is 0.0873 e. The van der Waals surface area contributed by atoms with Crippen molar-refractivity contribution in [3.05, 3.63) is 53.9 Å². The standard InChI is InChI=1S/C21H22N2/c1-20(2)15-8-9-21(20,3)16-12-23-19(18(15)16)17-10-13-6-4-5-7-14(13)11-22-17/h4-7,10-12,15,23H,8-9H2,1-3H3. The highest BCUT2D eigenvalue weighted by molar-refractivity contribution is 5.85. The average Bonchev–Trinajstić information content (AvgIpc) is 3.13. The lowest BCUT2D eigenvalue weighted by Crippen LogP contribution is -2.31. The van der Waals surface area contributed by atoms with Gasteiger partial charge in [-0.15, -0.1) is 0 Å². The molecule has 2 nitrogen and oxygen atoms in total. The number of nitrogens with zero attached hydrogens (tertiary/aromatic N) is 1. The van der Waals surface area contributed by atoms with E-state index in [0.717, 1.165) is 5.69 Å². The number of H-pyrrole nitrogens is 1. The zero-order valence-electron chi connectivity index (χ0n) is 14.0. The minimum Gasteiger partial charge on any atom is -0.359 e. The van der Waals surface area contributed by atoms with Crippen LogP contribution in [0.1, 0.15) is 50.7 Å². The van der Waals surface area contributed by atoms with Gasteiger partial charge in [-0.1, -0.05) is 45.0 Å². The highest BCUT2D eigenvalue weighted by atomic mass is 14.8. The van der Waals surface area contributed by atoms with Crippen LogP contribution in [0.4, 0.5) is 0 Å². The van der Waals surface area contributed by atoms with E-state index in [9.17, 15) is 0 Å². The molecule has 0 amide bonds. The van der Waals surface area contributed by atoms with Crippen LogP contribution in [0, 0.1) is 5.41 Å². The minimum atomic E-state index is 0.304. The van der Waals surface area contributed by atoms with Gasteiger partial charge >= 0.3 is 0 Å². The van der Waals surface area contributed by atoms with E-state index < -0.39 is 0 Å². The maximum atomic E-state index is 4.75. The fourth-order valence-corrected chi connectivity index (χ4v) is 5.17. The van der Waals surface area contributed by atoms with Crippen molar-refractivity contribution in [1.29, 1.82) is 0 Å². The summed E-state index contributed by atoms with van der Waals surface area (Å²) in [6, 6.07) is 10.7. The van der Waals surface area contributed by atoms with Crippen molar-refractivity contribution in [3.8, 4) is 11.4 Å². The molecule has 0 radical (unpaired) electrons. The molecule has 1 saturated carbocycles. The van der Waals surface area contributed by atoms with Crippen LogP contribution in [0.3, 0.4) is 0 Å². The molecule has 2 aliphatic rings. The lowest BCUT2D eigenvalue weighted by molar-refractivity contribution is 0.230. The van der Waals surface area contributed by atoms with E-state index in [1.807, 2.05) is 6.20 Å². The van der Waals surface area contributed by atoms with E-state index in [-0.39, 0.29) is 0 Å². The summed E-state index contributed by atoms with van der Waals surface area (Å²) >= 11 is 0. The third-order valence-corrected chi connectivity index (χ3v) is 6.98. The Bertz CT molecular complexity index is 934. The second-order valence-electron chi connectivity index (χ2n) is 8.05. The Kier molecular flexibility index (Phi) is 2.35. The van der Waals surface area contributed by atoms with Gasteiger partial charge in [0.2, 0.25) is 0 Å². The zero-order chi connectivity index (χ0) is 15.8. The SMILES string of the molecule is CC12CCC(c3c1c[nH]c3-c1cc3ccccc3cn1)C2(C)C. The predicted molar refractivity (Wildman–Crippen MR) is 94.6 cm³/mol. The quantitative estimate of drug-likeness (QED) is 0.640. The van der Waals surface area contributed by atoms with Crippen LogP contribution in [-0.4, -0.2) is 9.97 Å². The van der Waals surface area contributed by atoms with Gasteiger partial charge in [-0.3, -0.25) is 4.98 Å². The first-order valence-electron chi connectivity index (χ1n) is 8.59. The molecule has 2 aliphatic carbocycles. The molecular formula is C21H22N2. The summed E-state index contributed by atoms with van der Waals surface area (Å²) < 4.78 is 0. The molecule has 3 aromatic rings. The van der Waals surface area contributed by atoms with Crippen LogP contribution < -0.4 is 0 Å². The zero-order valence-corrected chi connectivity index (χ0v) is 14.0. The van der Waals surface area contributed by atoms with Gasteiger partial charge in [0.05, 0.1) is 11.4 Å². The number of fused-ring (bicyclic) bond motifs is 6. The summed E-state index contributed by atoms with van der Waals surface area (Å²) in [5, 5.41) is 2.46. The first-order chi connectivity index (χ1) is 11.0. The summed E-state index contributed by atoms with van der Waals surface area (Å²) in [5.41, 5.74) is 6.04. The van der Waals surface area contributed by atoms with Gasteiger partial charge < -0.3 is 4.98 Å². The summed E-state index contributed by atoms with van der Waals surface area (Å²) in [4.78, 5) is 8.31. The molecule has 5 rings (SSSR count). The van der Waals surface area contributed by atoms with Crippen molar-refractivity contribution in [2.75, 3.05) is 0 Å². The molecule has 116 valence electrons. The topological polar surface area (TPSA) is 28.7 Å². The Morgan fingerprint density at radius 3 is 2.74 bits per heavy atom. The van der Waals surface area contributed by atoms with Crippen molar-refractivity contribution >= 4 is 10.8 Å². The fraction of sp³-hybridized carbons (Fsp3) is 0.381. The van der Waals surface area contributed by atoms with Crippen molar-refractivity contribution in [2.45, 2.75) is 44.9 Å². The van der Waals surface area contributed by atoms with Gasteiger partial charge in [0.25, 0.3) is 0 Å². The third kappa shape index (κ3) is 1.47. The molecule has 1 N–H and O–H groups in total. The summed E-state index contributed by atoms with van der Waals surface area (Å²) in [7, 11) is 0. The highest BCUT2D eigenvalue weighted by Crippen LogP contribution is 2.69. The van der Waals surface area contributed by atoms with Crippen molar-refractivity contribution < 1.29 is 0 Å². The van der Waals surface area contributed by atoms with Crippen LogP contribution in [-0.2, 0) is 5.41 Å². The number of aromatic amines is 1. The first-order valence-corrected chi connectivity index (χ1v) is 8.59. The molecule has 0 saturated heterocycles. The summed E-state index contributed by atoms with van der Waals surface area (Å²) in [6.07, 6.45) is 6.86. The number of hydrogen-bond donors (Lipinski definition) is 1. The predicted octanol–water partition coefficient (Wildman–Crippen LogP) is 5.40. The Morgan fingerprint density at radius 2 is 1.91 bits per heavy atom. The molecule has 23 heavy (non-hydrogen) atoms. The van der Waals surface area contributed by atoms with Crippen LogP contribution in [0.15, 0.2) is 42.7 Å². The second kappa shape index (κ2) is 4.05. The highest BCUT2D eigenvalue weighted by Gasteiger charge is 2.60. The number of aromatic nitrogens is 2. The number of pyridine rings is 1. The van der Waals surface area contributed by atoms with Crippen molar-refractivity contribution in [1.82, 2.24) is 9.97 Å². The maximum absolute atomic E-state index is 4.75. The van der Waals surface area contributed by atoms with Gasteiger partial charge in [-0.25, -0.2) is 0 Å². The average molecular weight is 302 g/mol. The monoisotopic (exact) mass is 302 g/mol. The molecule has 2 heterocycles. The number of benzene rings is 1. The van der Waals surface area contributed by atoms with Crippen LogP contribution in [0.2, 0.25) is 0 Å². The van der Waals surface area contributed by atoms with Gasteiger partial charge in [-0.05, 0) is 52.2 Å². The largest absolute Gasteiger partial charge is 0.359 e. The van der Waals surface area contributed by atoms with Crippen LogP contribution >= 0.6 is 0 Å². The molecule has 0 spiro atoms. The molecule has 1 fully saturated rings. The number of nitrogens with one attached hydrogen (secondary N) is 1. The molecule has 2 heteroatoms. The van der Waals surface area contributed by atoms with Gasteiger partial charge in [0, 0.05) is 17.8 Å². The minimum absolute atomic E-state index is 0.304. The first kappa shape index (κ1) is 13.4.